The summed E-state index contributed by atoms with van der Waals surface area (Å²) in [6.45, 7) is 0. The number of benzene rings is 2. The number of aromatic hydroxyl groups is 1. The van der Waals surface area contributed by atoms with E-state index >= 15 is 0 Å². The van der Waals surface area contributed by atoms with Gasteiger partial charge in [-0.05, 0) is 42.0 Å². The van der Waals surface area contributed by atoms with Crippen molar-refractivity contribution in [1.82, 2.24) is 4.98 Å². The summed E-state index contributed by atoms with van der Waals surface area (Å²) >= 11 is 0. The minimum Gasteiger partial charge on any atom is -0.504 e. The molecule has 1 heterocycles. The SMILES string of the molecule is COc1cc(-c2cc(-c3ccc(C(=O)O)cc3)c(C#N)c(N)n2)ccc1O. The zero-order chi connectivity index (χ0) is 19.6. The lowest BCUT2D eigenvalue weighted by Gasteiger charge is -2.12. The van der Waals surface area contributed by atoms with Gasteiger partial charge in [0.25, 0.3) is 0 Å². The number of aromatic carboxylic acids is 1. The summed E-state index contributed by atoms with van der Waals surface area (Å²) in [4.78, 5) is 15.3. The number of carboxylic acid groups (broad SMARTS) is 1. The van der Waals surface area contributed by atoms with Crippen molar-refractivity contribution in [1.29, 1.82) is 5.26 Å². The molecule has 134 valence electrons. The minimum atomic E-state index is -1.03. The number of anilines is 1. The summed E-state index contributed by atoms with van der Waals surface area (Å²) in [7, 11) is 1.44. The molecule has 0 saturated heterocycles. The Kier molecular flexibility index (Phi) is 4.64. The van der Waals surface area contributed by atoms with E-state index in [1.165, 1.54) is 25.3 Å². The second-order valence-corrected chi connectivity index (χ2v) is 5.70. The Labute approximate surface area is 154 Å². The van der Waals surface area contributed by atoms with Gasteiger partial charge in [0.1, 0.15) is 17.5 Å². The van der Waals surface area contributed by atoms with Gasteiger partial charge in [0.05, 0.1) is 18.4 Å². The van der Waals surface area contributed by atoms with E-state index in [4.69, 9.17) is 15.6 Å². The van der Waals surface area contributed by atoms with Gasteiger partial charge in [0, 0.05) is 11.1 Å². The Balaban J connectivity index is 2.17. The third kappa shape index (κ3) is 3.37. The molecule has 3 rings (SSSR count). The average molecular weight is 361 g/mol. The largest absolute Gasteiger partial charge is 0.504 e. The van der Waals surface area contributed by atoms with Crippen LogP contribution < -0.4 is 10.5 Å². The van der Waals surface area contributed by atoms with Crippen molar-refractivity contribution in [2.45, 2.75) is 0 Å². The maximum Gasteiger partial charge on any atom is 0.335 e. The second kappa shape index (κ2) is 7.06. The Morgan fingerprint density at radius 3 is 2.41 bits per heavy atom. The number of phenols is 1. The molecule has 2 aromatic carbocycles. The first-order valence-corrected chi connectivity index (χ1v) is 7.86. The van der Waals surface area contributed by atoms with Crippen molar-refractivity contribution >= 4 is 11.8 Å². The second-order valence-electron chi connectivity index (χ2n) is 5.70. The predicted octanol–water partition coefficient (Wildman–Crippen LogP) is 3.28. The lowest BCUT2D eigenvalue weighted by Crippen LogP contribution is -2.00. The first-order valence-electron chi connectivity index (χ1n) is 7.86. The lowest BCUT2D eigenvalue weighted by atomic mass is 9.97. The van der Waals surface area contributed by atoms with Crippen molar-refractivity contribution in [2.75, 3.05) is 12.8 Å². The van der Waals surface area contributed by atoms with Crippen LogP contribution in [0.15, 0.2) is 48.5 Å². The van der Waals surface area contributed by atoms with Crippen LogP contribution in [0.4, 0.5) is 5.82 Å². The van der Waals surface area contributed by atoms with Crippen molar-refractivity contribution in [3.8, 4) is 40.0 Å². The molecular formula is C20H15N3O4. The van der Waals surface area contributed by atoms with E-state index in [0.717, 1.165) is 0 Å². The van der Waals surface area contributed by atoms with Gasteiger partial charge in [0.15, 0.2) is 11.5 Å². The average Bonchev–Trinajstić information content (AvgIpc) is 2.67. The van der Waals surface area contributed by atoms with Crippen LogP contribution in [0.25, 0.3) is 22.4 Å². The Bertz CT molecular complexity index is 1070. The molecule has 0 bridgehead atoms. The van der Waals surface area contributed by atoms with Gasteiger partial charge in [-0.1, -0.05) is 12.1 Å². The Morgan fingerprint density at radius 2 is 1.81 bits per heavy atom. The summed E-state index contributed by atoms with van der Waals surface area (Å²) in [6, 6.07) is 14.6. The normalized spacial score (nSPS) is 10.2. The molecule has 1 aromatic heterocycles. The molecule has 0 saturated carbocycles. The number of pyridine rings is 1. The van der Waals surface area contributed by atoms with Gasteiger partial charge in [0.2, 0.25) is 0 Å². The zero-order valence-corrected chi connectivity index (χ0v) is 14.3. The molecule has 0 aliphatic rings. The molecule has 0 amide bonds. The van der Waals surface area contributed by atoms with Crippen LogP contribution in [0.3, 0.4) is 0 Å². The van der Waals surface area contributed by atoms with Crippen molar-refractivity contribution in [2.24, 2.45) is 0 Å². The van der Waals surface area contributed by atoms with E-state index in [9.17, 15) is 15.2 Å². The number of nitriles is 1. The smallest absolute Gasteiger partial charge is 0.335 e. The number of aromatic nitrogens is 1. The highest BCUT2D eigenvalue weighted by molar-refractivity contribution is 5.89. The van der Waals surface area contributed by atoms with Crippen molar-refractivity contribution < 1.29 is 19.7 Å². The number of hydrogen-bond acceptors (Lipinski definition) is 6. The quantitative estimate of drug-likeness (QED) is 0.650. The van der Waals surface area contributed by atoms with Crippen LogP contribution in [0, 0.1) is 11.3 Å². The number of nitrogens with zero attached hydrogens (tertiary/aromatic N) is 2. The van der Waals surface area contributed by atoms with E-state index in [1.807, 2.05) is 6.07 Å². The van der Waals surface area contributed by atoms with Gasteiger partial charge in [-0.3, -0.25) is 0 Å². The first kappa shape index (κ1) is 17.8. The molecule has 0 atom stereocenters. The number of rotatable bonds is 4. The highest BCUT2D eigenvalue weighted by Crippen LogP contribution is 2.35. The maximum absolute atomic E-state index is 11.0. The van der Waals surface area contributed by atoms with Crippen LogP contribution in [0.5, 0.6) is 11.5 Å². The zero-order valence-electron chi connectivity index (χ0n) is 14.3. The molecule has 0 fully saturated rings. The number of hydrogen-bond donors (Lipinski definition) is 3. The van der Waals surface area contributed by atoms with E-state index in [0.29, 0.717) is 22.4 Å². The molecule has 0 aliphatic heterocycles. The van der Waals surface area contributed by atoms with Gasteiger partial charge in [-0.25, -0.2) is 9.78 Å². The third-order valence-corrected chi connectivity index (χ3v) is 4.08. The predicted molar refractivity (Wildman–Crippen MR) is 99.4 cm³/mol. The number of nitrogen functional groups attached to an aromatic ring is 1. The van der Waals surface area contributed by atoms with Crippen LogP contribution in [0.1, 0.15) is 15.9 Å². The fourth-order valence-electron chi connectivity index (χ4n) is 2.69. The summed E-state index contributed by atoms with van der Waals surface area (Å²) < 4.78 is 5.12. The van der Waals surface area contributed by atoms with E-state index in [1.54, 1.807) is 30.3 Å². The molecule has 27 heavy (non-hydrogen) atoms. The van der Waals surface area contributed by atoms with E-state index < -0.39 is 5.97 Å². The maximum atomic E-state index is 11.0. The highest BCUT2D eigenvalue weighted by Gasteiger charge is 2.15. The Hall–Kier alpha value is -4.05. The van der Waals surface area contributed by atoms with Crippen LogP contribution in [-0.2, 0) is 0 Å². The number of phenolic OH excluding ortho intramolecular Hbond substituents is 1. The highest BCUT2D eigenvalue weighted by atomic mass is 16.5. The first-order chi connectivity index (χ1) is 12.9. The standard InChI is InChI=1S/C20H15N3O4/c1-27-18-8-13(6-7-17(18)24)16-9-14(15(10-21)19(22)23-16)11-2-4-12(5-3-11)20(25)26/h2-9,24H,1H3,(H2,22,23)(H,25,26). The van der Waals surface area contributed by atoms with Crippen molar-refractivity contribution in [3.63, 3.8) is 0 Å². The third-order valence-electron chi connectivity index (χ3n) is 4.08. The van der Waals surface area contributed by atoms with Gasteiger partial charge in [-0.15, -0.1) is 0 Å². The number of ether oxygens (including phenoxy) is 1. The summed E-state index contributed by atoms with van der Waals surface area (Å²) in [5.41, 5.74) is 8.62. The molecule has 0 spiro atoms. The molecule has 4 N–H and O–H groups in total. The number of carboxylic acids is 1. The fourth-order valence-corrected chi connectivity index (χ4v) is 2.69. The molecule has 0 unspecified atom stereocenters. The van der Waals surface area contributed by atoms with E-state index in [2.05, 4.69) is 4.98 Å². The molecular weight excluding hydrogens is 346 g/mol. The van der Waals surface area contributed by atoms with Gasteiger partial charge in [-0.2, -0.15) is 5.26 Å². The van der Waals surface area contributed by atoms with Gasteiger partial charge >= 0.3 is 5.97 Å². The number of carbonyl (C=O) groups is 1. The summed E-state index contributed by atoms with van der Waals surface area (Å²) in [5.74, 6) is -0.704. The molecule has 3 aromatic rings. The lowest BCUT2D eigenvalue weighted by molar-refractivity contribution is 0.0697. The van der Waals surface area contributed by atoms with Crippen LogP contribution in [-0.4, -0.2) is 28.3 Å². The van der Waals surface area contributed by atoms with Crippen LogP contribution in [0.2, 0.25) is 0 Å². The monoisotopic (exact) mass is 361 g/mol. The molecule has 7 heteroatoms. The topological polar surface area (TPSA) is 129 Å². The van der Waals surface area contributed by atoms with Gasteiger partial charge < -0.3 is 20.7 Å². The van der Waals surface area contributed by atoms with Crippen LogP contribution >= 0.6 is 0 Å². The fraction of sp³-hybridized carbons (Fsp3) is 0.0500. The summed E-state index contributed by atoms with van der Waals surface area (Å²) in [6.07, 6.45) is 0. The number of nitrogens with two attached hydrogens (primary N) is 1. The molecule has 0 radical (unpaired) electrons. The number of methoxy groups -OCH3 is 1. The van der Waals surface area contributed by atoms with E-state index in [-0.39, 0.29) is 28.4 Å². The van der Waals surface area contributed by atoms with Crippen molar-refractivity contribution in [3.05, 3.63) is 59.7 Å². The molecule has 0 aliphatic carbocycles. The Morgan fingerprint density at radius 1 is 1.15 bits per heavy atom. The summed E-state index contributed by atoms with van der Waals surface area (Å²) in [5, 5.41) is 28.3. The minimum absolute atomic E-state index is 0.00708. The molecule has 7 nitrogen and oxygen atoms in total.